The summed E-state index contributed by atoms with van der Waals surface area (Å²) in [5, 5.41) is 31.6. The Balaban J connectivity index is 2.66. The molecule has 0 amide bonds. The number of hydrogen-bond acceptors (Lipinski definition) is 11. The Kier molecular flexibility index (Phi) is 53.6. The monoisotopic (exact) mass is 1160 g/mol. The maximum atomic E-state index is 13.2. The van der Waals surface area contributed by atoms with Crippen LogP contribution in [0.5, 0.6) is 0 Å². The summed E-state index contributed by atoms with van der Waals surface area (Å²) in [6.07, 6.45) is 65.0. The number of ether oxygens (including phenoxy) is 5. The first kappa shape index (κ1) is 76.7. The first-order chi connectivity index (χ1) is 40.6. The van der Waals surface area contributed by atoms with Gasteiger partial charge in [0, 0.05) is 19.3 Å². The zero-order chi connectivity index (χ0) is 60.3. The standard InChI is InChI=1S/C71H118O12/c1-4-7-10-13-16-19-22-25-28-30-32-34-37-39-42-45-48-51-54-57-63(72)79-60-62(81-64(73)58-55-52-49-46-43-40-36-27-24-21-18-15-12-9-6-3)61-80-71-69(67(76)66(75)68(83-71)70(77)78)82-65(74)59-56-53-50-47-44-41-38-35-33-31-29-26-23-20-17-14-11-8-5-2/h9,12,16-21,25-29,33,35-36,62,66-69,71,75-76H,4-8,10-11,13-15,22-24,30-32,34,37-61H2,1-3H3,(H,77,78)/b12-9-,19-16-,20-17-,21-18-,28-25-,29-26-,35-33-,36-27-. The lowest BCUT2D eigenvalue weighted by Gasteiger charge is -2.40. The molecule has 1 aliphatic rings. The average molecular weight is 1160 g/mol. The topological polar surface area (TPSA) is 175 Å². The fraction of sp³-hybridized carbons (Fsp3) is 0.718. The molecule has 1 heterocycles. The van der Waals surface area contributed by atoms with E-state index in [-0.39, 0.29) is 25.9 Å². The summed E-state index contributed by atoms with van der Waals surface area (Å²) in [4.78, 5) is 51.4. The molecule has 12 heteroatoms. The van der Waals surface area contributed by atoms with E-state index in [1.807, 2.05) is 0 Å². The van der Waals surface area contributed by atoms with E-state index in [4.69, 9.17) is 23.7 Å². The maximum absolute atomic E-state index is 13.2. The molecule has 0 aromatic heterocycles. The van der Waals surface area contributed by atoms with E-state index in [2.05, 4.69) is 118 Å². The second kappa shape index (κ2) is 58.0. The number of unbranched alkanes of at least 4 members (excludes halogenated alkanes) is 26. The van der Waals surface area contributed by atoms with E-state index in [1.54, 1.807) is 0 Å². The van der Waals surface area contributed by atoms with Gasteiger partial charge in [-0.05, 0) is 122 Å². The van der Waals surface area contributed by atoms with Gasteiger partial charge in [0.1, 0.15) is 18.8 Å². The number of carbonyl (C=O) groups is 4. The van der Waals surface area contributed by atoms with Crippen LogP contribution in [0.25, 0.3) is 0 Å². The summed E-state index contributed by atoms with van der Waals surface area (Å²) >= 11 is 0. The molecule has 0 aliphatic carbocycles. The summed E-state index contributed by atoms with van der Waals surface area (Å²) < 4.78 is 28.5. The molecule has 1 aliphatic heterocycles. The SMILES string of the molecule is CC/C=C\C/C=C\C/C=C\CCCCCCCC(=O)OC(COC(=O)CCCCCCCCCCC/C=C\C/C=C\CCCCC)COC1OC(C(=O)O)C(O)C(O)C1OC(=O)CCCCCCCC/C=C\C/C=C\C/C=C\CCCCC. The predicted octanol–water partition coefficient (Wildman–Crippen LogP) is 18.0. The van der Waals surface area contributed by atoms with Crippen molar-refractivity contribution in [3.05, 3.63) is 97.2 Å². The van der Waals surface area contributed by atoms with Crippen molar-refractivity contribution in [2.24, 2.45) is 0 Å². The number of carboxylic acids is 1. The van der Waals surface area contributed by atoms with E-state index in [1.165, 1.54) is 83.5 Å². The number of aliphatic hydroxyl groups is 2. The van der Waals surface area contributed by atoms with Crippen molar-refractivity contribution >= 4 is 23.9 Å². The molecule has 12 nitrogen and oxygen atoms in total. The number of allylic oxidation sites excluding steroid dienone is 16. The summed E-state index contributed by atoms with van der Waals surface area (Å²) in [5.74, 6) is -3.16. The Morgan fingerprint density at radius 3 is 1.16 bits per heavy atom. The van der Waals surface area contributed by atoms with Crippen LogP contribution >= 0.6 is 0 Å². The van der Waals surface area contributed by atoms with Gasteiger partial charge < -0.3 is 39.0 Å². The minimum atomic E-state index is -1.92. The smallest absolute Gasteiger partial charge is 0.335 e. The molecule has 474 valence electrons. The zero-order valence-electron chi connectivity index (χ0n) is 52.4. The second-order valence-electron chi connectivity index (χ2n) is 22.4. The third-order valence-electron chi connectivity index (χ3n) is 14.6. The Morgan fingerprint density at radius 1 is 0.410 bits per heavy atom. The Hall–Kier alpha value is -4.36. The van der Waals surface area contributed by atoms with Crippen LogP contribution in [-0.2, 0) is 42.9 Å². The van der Waals surface area contributed by atoms with Crippen molar-refractivity contribution in [2.75, 3.05) is 13.2 Å². The van der Waals surface area contributed by atoms with Gasteiger partial charge in [0.2, 0.25) is 0 Å². The van der Waals surface area contributed by atoms with E-state index >= 15 is 0 Å². The highest BCUT2D eigenvalue weighted by Crippen LogP contribution is 2.27. The molecule has 0 radical (unpaired) electrons. The van der Waals surface area contributed by atoms with Crippen molar-refractivity contribution in [1.82, 2.24) is 0 Å². The molecular weight excluding hydrogens is 1040 g/mol. The van der Waals surface area contributed by atoms with Crippen molar-refractivity contribution in [3.8, 4) is 0 Å². The molecule has 3 N–H and O–H groups in total. The van der Waals surface area contributed by atoms with Crippen molar-refractivity contribution in [1.29, 1.82) is 0 Å². The number of aliphatic carboxylic acids is 1. The van der Waals surface area contributed by atoms with Crippen LogP contribution in [0.3, 0.4) is 0 Å². The normalized spacial score (nSPS) is 18.2. The lowest BCUT2D eigenvalue weighted by Crippen LogP contribution is -2.61. The van der Waals surface area contributed by atoms with Crippen molar-refractivity contribution in [3.63, 3.8) is 0 Å². The minimum absolute atomic E-state index is 0.0399. The molecule has 1 saturated heterocycles. The first-order valence-electron chi connectivity index (χ1n) is 33.2. The van der Waals surface area contributed by atoms with Crippen LogP contribution in [-0.4, -0.2) is 89.2 Å². The molecular formula is C71H118O12. The van der Waals surface area contributed by atoms with Crippen LogP contribution in [0.4, 0.5) is 0 Å². The van der Waals surface area contributed by atoms with Crippen molar-refractivity contribution < 1.29 is 58.2 Å². The van der Waals surface area contributed by atoms with Crippen LogP contribution in [0.2, 0.25) is 0 Å². The quantitative estimate of drug-likeness (QED) is 0.0228. The Morgan fingerprint density at radius 2 is 0.759 bits per heavy atom. The molecule has 0 bridgehead atoms. The number of rotatable bonds is 56. The van der Waals surface area contributed by atoms with Gasteiger partial charge in [0.05, 0.1) is 6.61 Å². The Bertz CT molecular complexity index is 1810. The van der Waals surface area contributed by atoms with Crippen LogP contribution in [0.15, 0.2) is 97.2 Å². The number of carboxylic acid groups (broad SMARTS) is 1. The van der Waals surface area contributed by atoms with Gasteiger partial charge in [-0.25, -0.2) is 4.79 Å². The lowest BCUT2D eigenvalue weighted by atomic mass is 9.98. The van der Waals surface area contributed by atoms with Crippen LogP contribution < -0.4 is 0 Å². The molecule has 6 unspecified atom stereocenters. The summed E-state index contributed by atoms with van der Waals surface area (Å²) in [6.45, 7) is 5.83. The molecule has 1 fully saturated rings. The molecule has 0 aromatic carbocycles. The maximum Gasteiger partial charge on any atom is 0.335 e. The van der Waals surface area contributed by atoms with Gasteiger partial charge in [0.25, 0.3) is 0 Å². The fourth-order valence-electron chi connectivity index (χ4n) is 9.54. The predicted molar refractivity (Wildman–Crippen MR) is 340 cm³/mol. The summed E-state index contributed by atoms with van der Waals surface area (Å²) in [6, 6.07) is 0. The average Bonchev–Trinajstić information content (AvgIpc) is 3.60. The number of carbonyl (C=O) groups excluding carboxylic acids is 3. The van der Waals surface area contributed by atoms with Crippen LogP contribution in [0.1, 0.15) is 278 Å². The van der Waals surface area contributed by atoms with Crippen LogP contribution in [0, 0.1) is 0 Å². The highest BCUT2D eigenvalue weighted by atomic mass is 16.7. The van der Waals surface area contributed by atoms with E-state index in [9.17, 15) is 34.5 Å². The molecule has 1 rings (SSSR count). The number of hydrogen-bond donors (Lipinski definition) is 3. The molecule has 0 aromatic rings. The highest BCUT2D eigenvalue weighted by Gasteiger charge is 2.50. The largest absolute Gasteiger partial charge is 0.479 e. The van der Waals surface area contributed by atoms with Gasteiger partial charge >= 0.3 is 23.9 Å². The van der Waals surface area contributed by atoms with Gasteiger partial charge in [0.15, 0.2) is 24.6 Å². The van der Waals surface area contributed by atoms with E-state index in [0.29, 0.717) is 19.3 Å². The molecule has 0 spiro atoms. The van der Waals surface area contributed by atoms with Gasteiger partial charge in [-0.1, -0.05) is 234 Å². The van der Waals surface area contributed by atoms with Gasteiger partial charge in [-0.3, -0.25) is 14.4 Å². The first-order valence-corrected chi connectivity index (χ1v) is 33.2. The minimum Gasteiger partial charge on any atom is -0.479 e. The molecule has 83 heavy (non-hydrogen) atoms. The Labute approximate surface area is 504 Å². The molecule has 6 atom stereocenters. The van der Waals surface area contributed by atoms with Gasteiger partial charge in [-0.15, -0.1) is 0 Å². The van der Waals surface area contributed by atoms with E-state index in [0.717, 1.165) is 135 Å². The lowest BCUT2D eigenvalue weighted by molar-refractivity contribution is -0.301. The van der Waals surface area contributed by atoms with E-state index < -0.39 is 67.3 Å². The van der Waals surface area contributed by atoms with Gasteiger partial charge in [-0.2, -0.15) is 0 Å². The molecule has 0 saturated carbocycles. The summed E-state index contributed by atoms with van der Waals surface area (Å²) in [7, 11) is 0. The van der Waals surface area contributed by atoms with Crippen molar-refractivity contribution in [2.45, 2.75) is 314 Å². The third kappa shape index (κ3) is 47.6. The second-order valence-corrected chi connectivity index (χ2v) is 22.4. The number of aliphatic hydroxyl groups excluding tert-OH is 2. The third-order valence-corrected chi connectivity index (χ3v) is 14.6. The highest BCUT2D eigenvalue weighted by molar-refractivity contribution is 5.74. The number of esters is 3. The summed E-state index contributed by atoms with van der Waals surface area (Å²) in [5.41, 5.74) is 0. The fourth-order valence-corrected chi connectivity index (χ4v) is 9.54. The zero-order valence-corrected chi connectivity index (χ0v) is 52.4.